The van der Waals surface area contributed by atoms with Gasteiger partial charge in [0.15, 0.2) is 6.10 Å². The van der Waals surface area contributed by atoms with E-state index in [1.807, 2.05) is 12.1 Å². The molecule has 1 atom stereocenters. The molecule has 0 heterocycles. The SMILES string of the molecule is CC(Oc1ccc(SCCC#Cc2ccc(C(F)(F)F)cc2)cc1)C(=O)O. The molecule has 0 saturated heterocycles. The predicted octanol–water partition coefficient (Wildman–Crippen LogP) is 5.09. The van der Waals surface area contributed by atoms with E-state index in [1.165, 1.54) is 19.1 Å². The normalized spacial score (nSPS) is 12.0. The van der Waals surface area contributed by atoms with Crippen LogP contribution < -0.4 is 4.74 Å². The van der Waals surface area contributed by atoms with Crippen molar-refractivity contribution >= 4 is 17.7 Å². The third-order valence-electron chi connectivity index (χ3n) is 3.43. The molecule has 0 aliphatic rings. The highest BCUT2D eigenvalue weighted by Gasteiger charge is 2.29. The average molecular weight is 394 g/mol. The van der Waals surface area contributed by atoms with Crippen molar-refractivity contribution in [1.29, 1.82) is 0 Å². The van der Waals surface area contributed by atoms with Crippen molar-refractivity contribution in [3.05, 3.63) is 59.7 Å². The van der Waals surface area contributed by atoms with Gasteiger partial charge in [0.25, 0.3) is 0 Å². The number of hydrogen-bond acceptors (Lipinski definition) is 3. The molecule has 2 rings (SSSR count). The molecule has 0 spiro atoms. The summed E-state index contributed by atoms with van der Waals surface area (Å²) in [4.78, 5) is 11.7. The molecular weight excluding hydrogens is 377 g/mol. The lowest BCUT2D eigenvalue weighted by molar-refractivity contribution is -0.144. The summed E-state index contributed by atoms with van der Waals surface area (Å²) in [5, 5.41) is 8.80. The minimum atomic E-state index is -4.34. The molecule has 0 aliphatic carbocycles. The molecule has 2 aromatic rings. The number of ether oxygens (including phenoxy) is 1. The van der Waals surface area contributed by atoms with Crippen LogP contribution in [0.4, 0.5) is 13.2 Å². The Balaban J connectivity index is 1.79. The lowest BCUT2D eigenvalue weighted by Gasteiger charge is -2.10. The van der Waals surface area contributed by atoms with Crippen molar-refractivity contribution < 1.29 is 27.8 Å². The van der Waals surface area contributed by atoms with Gasteiger partial charge in [0, 0.05) is 22.6 Å². The van der Waals surface area contributed by atoms with Crippen LogP contribution in [0.5, 0.6) is 5.75 Å². The van der Waals surface area contributed by atoms with E-state index in [0.717, 1.165) is 22.8 Å². The molecule has 0 aliphatic heterocycles. The van der Waals surface area contributed by atoms with Crippen LogP contribution in [0, 0.1) is 11.8 Å². The molecule has 142 valence electrons. The second-order valence-corrected chi connectivity index (χ2v) is 6.71. The smallest absolute Gasteiger partial charge is 0.416 e. The summed E-state index contributed by atoms with van der Waals surface area (Å²) in [6.07, 6.45) is -4.67. The first kappa shape index (κ1) is 20.7. The number of rotatable bonds is 6. The van der Waals surface area contributed by atoms with Crippen LogP contribution in [0.3, 0.4) is 0 Å². The number of carboxylic acids is 1. The second-order valence-electron chi connectivity index (χ2n) is 5.55. The zero-order valence-electron chi connectivity index (χ0n) is 14.4. The molecule has 7 heteroatoms. The quantitative estimate of drug-likeness (QED) is 0.421. The Hall–Kier alpha value is -2.59. The van der Waals surface area contributed by atoms with Gasteiger partial charge in [-0.3, -0.25) is 0 Å². The number of alkyl halides is 3. The summed E-state index contributed by atoms with van der Waals surface area (Å²) in [6.45, 7) is 1.46. The van der Waals surface area contributed by atoms with Gasteiger partial charge in [-0.1, -0.05) is 11.8 Å². The Morgan fingerprint density at radius 1 is 1.15 bits per heavy atom. The molecular formula is C20H17F3O3S. The van der Waals surface area contributed by atoms with Gasteiger partial charge in [-0.15, -0.1) is 11.8 Å². The Bertz CT molecular complexity index is 819. The van der Waals surface area contributed by atoms with Gasteiger partial charge < -0.3 is 9.84 Å². The molecule has 0 saturated carbocycles. The summed E-state index contributed by atoms with van der Waals surface area (Å²) >= 11 is 1.57. The molecule has 3 nitrogen and oxygen atoms in total. The molecule has 0 fully saturated rings. The predicted molar refractivity (Wildman–Crippen MR) is 97.8 cm³/mol. The fourth-order valence-electron chi connectivity index (χ4n) is 2.00. The van der Waals surface area contributed by atoms with Gasteiger partial charge in [0.1, 0.15) is 5.75 Å². The van der Waals surface area contributed by atoms with E-state index in [9.17, 15) is 18.0 Å². The van der Waals surface area contributed by atoms with Crippen LogP contribution in [0.1, 0.15) is 24.5 Å². The van der Waals surface area contributed by atoms with E-state index in [4.69, 9.17) is 9.84 Å². The molecule has 0 bridgehead atoms. The molecule has 0 radical (unpaired) electrons. The van der Waals surface area contributed by atoms with Crippen LogP contribution in [0.15, 0.2) is 53.4 Å². The molecule has 0 aromatic heterocycles. The van der Waals surface area contributed by atoms with Gasteiger partial charge in [-0.25, -0.2) is 4.79 Å². The fraction of sp³-hybridized carbons (Fsp3) is 0.250. The first-order valence-corrected chi connectivity index (χ1v) is 9.03. The number of carbonyl (C=O) groups is 1. The maximum absolute atomic E-state index is 12.5. The monoisotopic (exact) mass is 394 g/mol. The average Bonchev–Trinajstić information content (AvgIpc) is 2.62. The summed E-state index contributed by atoms with van der Waals surface area (Å²) in [6, 6.07) is 11.8. The van der Waals surface area contributed by atoms with Gasteiger partial charge in [0.05, 0.1) is 5.56 Å². The Labute approximate surface area is 159 Å². The van der Waals surface area contributed by atoms with E-state index in [0.29, 0.717) is 17.7 Å². The number of benzene rings is 2. The first-order chi connectivity index (χ1) is 12.8. The van der Waals surface area contributed by atoms with Crippen molar-refractivity contribution in [3.63, 3.8) is 0 Å². The minimum Gasteiger partial charge on any atom is -0.479 e. The van der Waals surface area contributed by atoms with Crippen LogP contribution in [0.25, 0.3) is 0 Å². The maximum Gasteiger partial charge on any atom is 0.416 e. The van der Waals surface area contributed by atoms with Crippen molar-refractivity contribution in [2.24, 2.45) is 0 Å². The number of halogens is 3. The van der Waals surface area contributed by atoms with Crippen molar-refractivity contribution in [1.82, 2.24) is 0 Å². The highest BCUT2D eigenvalue weighted by molar-refractivity contribution is 7.99. The molecule has 27 heavy (non-hydrogen) atoms. The second kappa shape index (κ2) is 9.38. The number of hydrogen-bond donors (Lipinski definition) is 1. The number of thioether (sulfide) groups is 1. The largest absolute Gasteiger partial charge is 0.479 e. The Morgan fingerprint density at radius 2 is 1.78 bits per heavy atom. The van der Waals surface area contributed by atoms with Crippen LogP contribution in [-0.2, 0) is 11.0 Å². The Kier molecular flexibility index (Phi) is 7.19. The summed E-state index contributed by atoms with van der Waals surface area (Å²) < 4.78 is 42.7. The lowest BCUT2D eigenvalue weighted by atomic mass is 10.1. The van der Waals surface area contributed by atoms with Crippen molar-refractivity contribution in [3.8, 4) is 17.6 Å². The van der Waals surface area contributed by atoms with E-state index < -0.39 is 23.8 Å². The number of aliphatic carboxylic acids is 1. The van der Waals surface area contributed by atoms with Crippen LogP contribution in [-0.4, -0.2) is 22.9 Å². The van der Waals surface area contributed by atoms with Gasteiger partial charge in [-0.2, -0.15) is 13.2 Å². The van der Waals surface area contributed by atoms with Crippen molar-refractivity contribution in [2.45, 2.75) is 30.5 Å². The molecule has 1 N–H and O–H groups in total. The third-order valence-corrected chi connectivity index (χ3v) is 4.44. The molecule has 0 amide bonds. The fourth-order valence-corrected chi connectivity index (χ4v) is 2.76. The lowest BCUT2D eigenvalue weighted by Crippen LogP contribution is -2.22. The minimum absolute atomic E-state index is 0.483. The van der Waals surface area contributed by atoms with Gasteiger partial charge in [0.2, 0.25) is 0 Å². The zero-order chi connectivity index (χ0) is 19.9. The van der Waals surface area contributed by atoms with E-state index in [1.54, 1.807) is 23.9 Å². The topological polar surface area (TPSA) is 46.5 Å². The molecule has 1 unspecified atom stereocenters. The van der Waals surface area contributed by atoms with Gasteiger partial charge in [-0.05, 0) is 55.5 Å². The van der Waals surface area contributed by atoms with Crippen LogP contribution >= 0.6 is 11.8 Å². The van der Waals surface area contributed by atoms with Gasteiger partial charge >= 0.3 is 12.1 Å². The summed E-state index contributed by atoms with van der Waals surface area (Å²) in [5.74, 6) is 5.96. The molecule has 2 aromatic carbocycles. The zero-order valence-corrected chi connectivity index (χ0v) is 15.2. The first-order valence-electron chi connectivity index (χ1n) is 8.04. The highest BCUT2D eigenvalue weighted by atomic mass is 32.2. The van der Waals surface area contributed by atoms with E-state index in [-0.39, 0.29) is 0 Å². The number of carboxylic acid groups (broad SMARTS) is 1. The summed E-state index contributed by atoms with van der Waals surface area (Å²) in [5.41, 5.74) is -0.143. The summed E-state index contributed by atoms with van der Waals surface area (Å²) in [7, 11) is 0. The Morgan fingerprint density at radius 3 is 2.33 bits per heavy atom. The highest BCUT2D eigenvalue weighted by Crippen LogP contribution is 2.29. The third kappa shape index (κ3) is 6.91. The van der Waals surface area contributed by atoms with Crippen LogP contribution in [0.2, 0.25) is 0 Å². The van der Waals surface area contributed by atoms with E-state index in [2.05, 4.69) is 11.8 Å². The van der Waals surface area contributed by atoms with Crippen molar-refractivity contribution in [2.75, 3.05) is 5.75 Å². The standard InChI is InChI=1S/C20H17F3O3S/c1-14(19(24)25)26-17-9-11-18(12-10-17)27-13-3-2-4-15-5-7-16(8-6-15)20(21,22)23/h5-12,14H,3,13H2,1H3,(H,24,25). The van der Waals surface area contributed by atoms with E-state index >= 15 is 0 Å². The maximum atomic E-state index is 12.5.